The zero-order valence-corrected chi connectivity index (χ0v) is 12.8. The summed E-state index contributed by atoms with van der Waals surface area (Å²) < 4.78 is 0. The molecule has 2 aromatic rings. The molecule has 6 nitrogen and oxygen atoms in total. The summed E-state index contributed by atoms with van der Waals surface area (Å²) in [6.45, 7) is 1.89. The van der Waals surface area contributed by atoms with E-state index in [1.807, 2.05) is 13.0 Å². The van der Waals surface area contributed by atoms with Gasteiger partial charge in [-0.3, -0.25) is 14.9 Å². The highest BCUT2D eigenvalue weighted by Crippen LogP contribution is 2.26. The minimum Gasteiger partial charge on any atom is -0.387 e. The predicted molar refractivity (Wildman–Crippen MR) is 86.8 cm³/mol. The third kappa shape index (κ3) is 3.35. The highest BCUT2D eigenvalue weighted by atomic mass is 35.5. The highest BCUT2D eigenvalue weighted by molar-refractivity contribution is 6.34. The largest absolute Gasteiger partial charge is 0.387 e. The maximum atomic E-state index is 12.4. The number of nitrogens with one attached hydrogen (secondary N) is 2. The number of anilines is 2. The van der Waals surface area contributed by atoms with Crippen molar-refractivity contribution in [1.82, 2.24) is 0 Å². The van der Waals surface area contributed by atoms with E-state index < -0.39 is 10.8 Å². The Balaban J connectivity index is 2.35. The van der Waals surface area contributed by atoms with Crippen molar-refractivity contribution in [1.29, 1.82) is 0 Å². The number of nitro benzene ring substituents is 1. The van der Waals surface area contributed by atoms with Crippen molar-refractivity contribution in [3.05, 3.63) is 62.7 Å². The van der Waals surface area contributed by atoms with Gasteiger partial charge in [-0.25, -0.2) is 0 Å². The summed E-state index contributed by atoms with van der Waals surface area (Å²) in [5, 5.41) is 16.8. The average molecular weight is 320 g/mol. The van der Waals surface area contributed by atoms with E-state index in [1.165, 1.54) is 18.2 Å². The molecule has 0 aliphatic rings. The number of aryl methyl sites for hydroxylation is 1. The number of hydrogen-bond acceptors (Lipinski definition) is 4. The normalized spacial score (nSPS) is 10.1. The summed E-state index contributed by atoms with van der Waals surface area (Å²) in [6, 6.07) is 9.28. The zero-order chi connectivity index (χ0) is 16.3. The monoisotopic (exact) mass is 319 g/mol. The van der Waals surface area contributed by atoms with Crippen LogP contribution in [-0.4, -0.2) is 17.9 Å². The predicted octanol–water partition coefficient (Wildman–Crippen LogP) is 3.85. The van der Waals surface area contributed by atoms with Gasteiger partial charge < -0.3 is 10.6 Å². The number of amides is 1. The molecule has 114 valence electrons. The first-order valence-electron chi connectivity index (χ1n) is 6.46. The molecule has 0 aromatic heterocycles. The Bertz CT molecular complexity index is 747. The quantitative estimate of drug-likeness (QED) is 0.662. The molecule has 0 unspecified atom stereocenters. The van der Waals surface area contributed by atoms with Gasteiger partial charge in [-0.2, -0.15) is 0 Å². The lowest BCUT2D eigenvalue weighted by molar-refractivity contribution is -0.384. The van der Waals surface area contributed by atoms with E-state index in [4.69, 9.17) is 11.6 Å². The molecule has 0 saturated heterocycles. The van der Waals surface area contributed by atoms with Gasteiger partial charge in [0, 0.05) is 24.9 Å². The number of rotatable bonds is 4. The van der Waals surface area contributed by atoms with Crippen LogP contribution in [0.1, 0.15) is 15.9 Å². The number of halogens is 1. The van der Waals surface area contributed by atoms with Crippen LogP contribution in [-0.2, 0) is 0 Å². The fourth-order valence-electron chi connectivity index (χ4n) is 1.96. The lowest BCUT2D eigenvalue weighted by Crippen LogP contribution is -2.14. The summed E-state index contributed by atoms with van der Waals surface area (Å²) in [4.78, 5) is 22.7. The third-order valence-corrected chi connectivity index (χ3v) is 3.41. The molecule has 1 amide bonds. The first-order valence-corrected chi connectivity index (χ1v) is 6.84. The van der Waals surface area contributed by atoms with E-state index in [1.54, 1.807) is 19.2 Å². The summed E-state index contributed by atoms with van der Waals surface area (Å²) in [5.41, 5.74) is 1.93. The van der Waals surface area contributed by atoms with E-state index in [0.29, 0.717) is 16.4 Å². The Labute approximate surface area is 132 Å². The third-order valence-electron chi connectivity index (χ3n) is 3.10. The molecular formula is C15H14ClN3O3. The maximum absolute atomic E-state index is 12.4. The number of carbonyl (C=O) groups is 1. The van der Waals surface area contributed by atoms with Crippen LogP contribution in [0.4, 0.5) is 17.1 Å². The van der Waals surface area contributed by atoms with Crippen LogP contribution in [0.3, 0.4) is 0 Å². The topological polar surface area (TPSA) is 84.3 Å². The van der Waals surface area contributed by atoms with Gasteiger partial charge >= 0.3 is 0 Å². The lowest BCUT2D eigenvalue weighted by atomic mass is 10.1. The van der Waals surface area contributed by atoms with Crippen LogP contribution in [0, 0.1) is 17.0 Å². The molecule has 2 N–H and O–H groups in total. The number of carbonyl (C=O) groups excluding carboxylic acids is 1. The highest BCUT2D eigenvalue weighted by Gasteiger charge is 2.17. The van der Waals surface area contributed by atoms with Crippen LogP contribution < -0.4 is 10.6 Å². The molecule has 2 rings (SSSR count). The van der Waals surface area contributed by atoms with Crippen molar-refractivity contribution in [2.45, 2.75) is 6.92 Å². The lowest BCUT2D eigenvalue weighted by Gasteiger charge is -2.11. The molecule has 0 heterocycles. The van der Waals surface area contributed by atoms with Gasteiger partial charge in [0.1, 0.15) is 0 Å². The van der Waals surface area contributed by atoms with Gasteiger partial charge in [-0.1, -0.05) is 17.7 Å². The molecule has 7 heteroatoms. The van der Waals surface area contributed by atoms with Gasteiger partial charge in [0.05, 0.1) is 21.2 Å². The fourth-order valence-corrected chi connectivity index (χ4v) is 2.25. The fraction of sp³-hybridized carbons (Fsp3) is 0.133. The second-order valence-corrected chi connectivity index (χ2v) is 5.08. The van der Waals surface area contributed by atoms with Gasteiger partial charge in [0.15, 0.2) is 0 Å². The van der Waals surface area contributed by atoms with E-state index in [-0.39, 0.29) is 11.3 Å². The van der Waals surface area contributed by atoms with Crippen molar-refractivity contribution in [3.63, 3.8) is 0 Å². The van der Waals surface area contributed by atoms with Gasteiger partial charge in [0.25, 0.3) is 11.6 Å². The molecule has 0 aliphatic carbocycles. The molecule has 0 saturated carbocycles. The average Bonchev–Trinajstić information content (AvgIpc) is 2.49. The molecule has 0 radical (unpaired) electrons. The second-order valence-electron chi connectivity index (χ2n) is 4.67. The SMILES string of the molecule is CNc1ccc([N+](=O)[O-])cc1C(=O)Nc1ccc(C)cc1Cl. The molecule has 22 heavy (non-hydrogen) atoms. The minimum atomic E-state index is -0.547. The number of non-ortho nitro benzene ring substituents is 1. The maximum Gasteiger partial charge on any atom is 0.270 e. The molecule has 2 aromatic carbocycles. The van der Waals surface area contributed by atoms with Crippen molar-refractivity contribution < 1.29 is 9.72 Å². The number of benzene rings is 2. The van der Waals surface area contributed by atoms with Crippen LogP contribution in [0.15, 0.2) is 36.4 Å². The Kier molecular flexibility index (Phi) is 4.62. The van der Waals surface area contributed by atoms with Crippen molar-refractivity contribution >= 4 is 34.6 Å². The smallest absolute Gasteiger partial charge is 0.270 e. The first kappa shape index (κ1) is 15.8. The van der Waals surface area contributed by atoms with Gasteiger partial charge in [-0.05, 0) is 30.7 Å². The molecule has 0 spiro atoms. The van der Waals surface area contributed by atoms with Crippen LogP contribution in [0.2, 0.25) is 5.02 Å². The summed E-state index contributed by atoms with van der Waals surface area (Å²) in [7, 11) is 1.64. The molecule has 0 fully saturated rings. The van der Waals surface area contributed by atoms with E-state index >= 15 is 0 Å². The minimum absolute atomic E-state index is 0.154. The van der Waals surface area contributed by atoms with Gasteiger partial charge in [-0.15, -0.1) is 0 Å². The molecule has 0 bridgehead atoms. The molecule has 0 aliphatic heterocycles. The Morgan fingerprint density at radius 1 is 1.18 bits per heavy atom. The van der Waals surface area contributed by atoms with Crippen molar-refractivity contribution in [2.75, 3.05) is 17.7 Å². The van der Waals surface area contributed by atoms with Crippen LogP contribution >= 0.6 is 11.6 Å². The molecular weight excluding hydrogens is 306 g/mol. The van der Waals surface area contributed by atoms with Crippen LogP contribution in [0.25, 0.3) is 0 Å². The Hall–Kier alpha value is -2.60. The van der Waals surface area contributed by atoms with E-state index in [9.17, 15) is 14.9 Å². The van der Waals surface area contributed by atoms with Crippen molar-refractivity contribution in [2.24, 2.45) is 0 Å². The Morgan fingerprint density at radius 3 is 2.45 bits per heavy atom. The van der Waals surface area contributed by atoms with E-state index in [2.05, 4.69) is 10.6 Å². The number of nitrogens with zero attached hydrogens (tertiary/aromatic N) is 1. The molecule has 0 atom stereocenters. The Morgan fingerprint density at radius 2 is 1.86 bits per heavy atom. The summed E-state index contributed by atoms with van der Waals surface area (Å²) >= 11 is 6.08. The zero-order valence-electron chi connectivity index (χ0n) is 12.0. The number of nitro groups is 1. The second kappa shape index (κ2) is 6.44. The summed E-state index contributed by atoms with van der Waals surface area (Å²) in [5.74, 6) is -0.473. The van der Waals surface area contributed by atoms with Gasteiger partial charge in [0.2, 0.25) is 0 Å². The standard InChI is InChI=1S/C15H14ClN3O3/c1-9-3-5-14(12(16)7-9)18-15(20)11-8-10(19(21)22)4-6-13(11)17-2/h3-8,17H,1-2H3,(H,18,20). The first-order chi connectivity index (χ1) is 10.4. The van der Waals surface area contributed by atoms with Crippen molar-refractivity contribution in [3.8, 4) is 0 Å². The van der Waals surface area contributed by atoms with Crippen LogP contribution in [0.5, 0.6) is 0 Å². The van der Waals surface area contributed by atoms with E-state index in [0.717, 1.165) is 5.56 Å². The number of hydrogen-bond donors (Lipinski definition) is 2. The summed E-state index contributed by atoms with van der Waals surface area (Å²) in [6.07, 6.45) is 0.